The van der Waals surface area contributed by atoms with Crippen molar-refractivity contribution in [1.82, 2.24) is 16.0 Å². The van der Waals surface area contributed by atoms with Gasteiger partial charge in [0.15, 0.2) is 0 Å². The van der Waals surface area contributed by atoms with Crippen LogP contribution in [0.4, 0.5) is 0 Å². The number of hydrogen-bond acceptors (Lipinski definition) is 7. The molecular weight excluding hydrogens is 376 g/mol. The van der Waals surface area contributed by atoms with Gasteiger partial charge in [0.2, 0.25) is 17.7 Å². The van der Waals surface area contributed by atoms with Gasteiger partial charge in [0.1, 0.15) is 12.1 Å². The van der Waals surface area contributed by atoms with Crippen molar-refractivity contribution >= 4 is 29.7 Å². The van der Waals surface area contributed by atoms with Crippen LogP contribution in [-0.2, 0) is 24.0 Å². The lowest BCUT2D eigenvalue weighted by Gasteiger charge is -2.23. The lowest BCUT2D eigenvalue weighted by atomic mass is 9.99. The van der Waals surface area contributed by atoms with Gasteiger partial charge in [-0.15, -0.1) is 0 Å². The summed E-state index contributed by atoms with van der Waals surface area (Å²) in [6.07, 6.45) is 0.0622. The maximum absolute atomic E-state index is 12.1. The van der Waals surface area contributed by atoms with E-state index in [0.29, 0.717) is 6.42 Å². The summed E-state index contributed by atoms with van der Waals surface area (Å²) < 4.78 is 0. The van der Waals surface area contributed by atoms with E-state index in [-0.39, 0.29) is 18.8 Å². The molecule has 0 spiro atoms. The van der Waals surface area contributed by atoms with Crippen LogP contribution in [-0.4, -0.2) is 76.3 Å². The Labute approximate surface area is 161 Å². The minimum atomic E-state index is -1.41. The fourth-order valence-corrected chi connectivity index (χ4v) is 2.08. The van der Waals surface area contributed by atoms with Gasteiger partial charge >= 0.3 is 11.9 Å². The lowest BCUT2D eigenvalue weighted by Crippen LogP contribution is -2.56. The highest BCUT2D eigenvalue weighted by Crippen LogP contribution is 2.08. The van der Waals surface area contributed by atoms with Gasteiger partial charge in [-0.1, -0.05) is 20.3 Å². The fraction of sp³-hybridized carbons (Fsp3) is 0.688. The highest BCUT2D eigenvalue weighted by atomic mass is 16.4. The van der Waals surface area contributed by atoms with E-state index in [9.17, 15) is 34.2 Å². The number of nitrogens with one attached hydrogen (secondary N) is 3. The molecule has 0 saturated heterocycles. The fourth-order valence-electron chi connectivity index (χ4n) is 2.08. The van der Waals surface area contributed by atoms with Crippen LogP contribution in [0, 0.1) is 5.92 Å². The molecule has 0 aromatic heterocycles. The molecule has 3 amide bonds. The van der Waals surface area contributed by atoms with Gasteiger partial charge < -0.3 is 37.0 Å². The summed E-state index contributed by atoms with van der Waals surface area (Å²) in [7, 11) is 0. The molecule has 0 radical (unpaired) electrons. The number of nitrogens with two attached hydrogens (primary N) is 1. The van der Waals surface area contributed by atoms with Crippen molar-refractivity contribution in [2.75, 3.05) is 13.2 Å². The van der Waals surface area contributed by atoms with E-state index in [1.807, 2.05) is 0 Å². The molecule has 160 valence electrons. The molecule has 0 aromatic carbocycles. The topological polar surface area (TPSA) is 208 Å². The monoisotopic (exact) mass is 404 g/mol. The molecule has 0 aliphatic rings. The molecule has 0 saturated carbocycles. The van der Waals surface area contributed by atoms with Gasteiger partial charge in [-0.2, -0.15) is 0 Å². The summed E-state index contributed by atoms with van der Waals surface area (Å²) in [6.45, 7) is 2.05. The summed E-state index contributed by atoms with van der Waals surface area (Å²) in [5.74, 6) is -5.17. The van der Waals surface area contributed by atoms with Gasteiger partial charge in [0.05, 0.1) is 19.2 Å². The minimum Gasteiger partial charge on any atom is -0.481 e. The molecule has 12 heteroatoms. The second-order valence-corrected chi connectivity index (χ2v) is 6.27. The van der Waals surface area contributed by atoms with Gasteiger partial charge in [-0.05, 0) is 12.3 Å². The van der Waals surface area contributed by atoms with E-state index in [0.717, 1.165) is 0 Å². The number of carbonyl (C=O) groups is 5. The maximum Gasteiger partial charge on any atom is 0.326 e. The van der Waals surface area contributed by atoms with Crippen LogP contribution >= 0.6 is 0 Å². The van der Waals surface area contributed by atoms with E-state index in [1.165, 1.54) is 0 Å². The second-order valence-electron chi connectivity index (χ2n) is 6.27. The van der Waals surface area contributed by atoms with Crippen molar-refractivity contribution in [3.8, 4) is 0 Å². The predicted molar refractivity (Wildman–Crippen MR) is 95.9 cm³/mol. The van der Waals surface area contributed by atoms with Crippen LogP contribution in [0.15, 0.2) is 0 Å². The van der Waals surface area contributed by atoms with Crippen molar-refractivity contribution in [3.63, 3.8) is 0 Å². The van der Waals surface area contributed by atoms with E-state index < -0.39 is 60.9 Å². The third-order valence-electron chi connectivity index (χ3n) is 4.04. The Hall–Kier alpha value is -2.73. The number of carboxylic acid groups (broad SMARTS) is 2. The van der Waals surface area contributed by atoms with Crippen molar-refractivity contribution in [3.05, 3.63) is 0 Å². The molecule has 0 aliphatic heterocycles. The third-order valence-corrected chi connectivity index (χ3v) is 4.04. The summed E-state index contributed by atoms with van der Waals surface area (Å²) in [5, 5.41) is 33.6. The molecule has 12 nitrogen and oxygen atoms in total. The first-order valence-corrected chi connectivity index (χ1v) is 8.71. The normalized spacial score (nSPS) is 14.9. The first kappa shape index (κ1) is 25.3. The standard InChI is InChI=1S/C16H28N4O8/c1-3-8(2)13(16(27)28)20-15(26)10(7-21)19-11(22)6-18-14(25)9(17)4-5-12(23)24/h8-10,13,21H,3-7,17H2,1-2H3,(H,18,25)(H,19,22)(H,20,26)(H,23,24)(H,27,28). The molecular formula is C16H28N4O8. The zero-order chi connectivity index (χ0) is 21.9. The molecule has 4 atom stereocenters. The van der Waals surface area contributed by atoms with Crippen molar-refractivity contribution < 1.29 is 39.3 Å². The van der Waals surface area contributed by atoms with Crippen molar-refractivity contribution in [2.45, 2.75) is 51.2 Å². The Bertz CT molecular complexity index is 583. The molecule has 8 N–H and O–H groups in total. The molecule has 0 aliphatic carbocycles. The lowest BCUT2D eigenvalue weighted by molar-refractivity contribution is -0.144. The Morgan fingerprint density at radius 1 is 1.04 bits per heavy atom. The number of carbonyl (C=O) groups excluding carboxylic acids is 3. The van der Waals surface area contributed by atoms with E-state index in [1.54, 1.807) is 13.8 Å². The number of aliphatic hydroxyl groups excluding tert-OH is 1. The van der Waals surface area contributed by atoms with Gasteiger partial charge in [0, 0.05) is 6.42 Å². The zero-order valence-corrected chi connectivity index (χ0v) is 15.8. The van der Waals surface area contributed by atoms with Crippen LogP contribution in [0.5, 0.6) is 0 Å². The largest absolute Gasteiger partial charge is 0.481 e. The van der Waals surface area contributed by atoms with Crippen molar-refractivity contribution in [1.29, 1.82) is 0 Å². The Balaban J connectivity index is 4.61. The molecule has 0 aromatic rings. The summed E-state index contributed by atoms with van der Waals surface area (Å²) in [5.41, 5.74) is 5.49. The van der Waals surface area contributed by atoms with Crippen LogP contribution < -0.4 is 21.7 Å². The van der Waals surface area contributed by atoms with Crippen LogP contribution in [0.3, 0.4) is 0 Å². The van der Waals surface area contributed by atoms with Crippen LogP contribution in [0.25, 0.3) is 0 Å². The number of carboxylic acids is 2. The number of hydrogen-bond donors (Lipinski definition) is 7. The number of aliphatic carboxylic acids is 2. The number of rotatable bonds is 13. The minimum absolute atomic E-state index is 0.114. The summed E-state index contributed by atoms with van der Waals surface area (Å²) in [6, 6.07) is -3.71. The van der Waals surface area contributed by atoms with Crippen LogP contribution in [0.1, 0.15) is 33.1 Å². The molecule has 0 fully saturated rings. The molecule has 0 rings (SSSR count). The molecule has 4 unspecified atom stereocenters. The number of aliphatic hydroxyl groups is 1. The van der Waals surface area contributed by atoms with Gasteiger partial charge in [-0.25, -0.2) is 4.79 Å². The second kappa shape index (κ2) is 12.6. The highest BCUT2D eigenvalue weighted by Gasteiger charge is 2.29. The average molecular weight is 404 g/mol. The third kappa shape index (κ3) is 9.28. The van der Waals surface area contributed by atoms with E-state index in [4.69, 9.17) is 10.8 Å². The van der Waals surface area contributed by atoms with Crippen molar-refractivity contribution in [2.24, 2.45) is 11.7 Å². The molecule has 0 heterocycles. The van der Waals surface area contributed by atoms with Crippen LogP contribution in [0.2, 0.25) is 0 Å². The first-order valence-electron chi connectivity index (χ1n) is 8.71. The Morgan fingerprint density at radius 2 is 1.64 bits per heavy atom. The smallest absolute Gasteiger partial charge is 0.326 e. The zero-order valence-electron chi connectivity index (χ0n) is 15.8. The maximum atomic E-state index is 12.1. The predicted octanol–water partition coefficient (Wildman–Crippen LogP) is -2.61. The van der Waals surface area contributed by atoms with E-state index >= 15 is 0 Å². The Kier molecular flexibility index (Phi) is 11.4. The highest BCUT2D eigenvalue weighted by molar-refractivity contribution is 5.92. The quantitative estimate of drug-likeness (QED) is 0.171. The van der Waals surface area contributed by atoms with E-state index in [2.05, 4.69) is 16.0 Å². The summed E-state index contributed by atoms with van der Waals surface area (Å²) in [4.78, 5) is 57.3. The first-order chi connectivity index (χ1) is 13.0. The van der Waals surface area contributed by atoms with Gasteiger partial charge in [-0.3, -0.25) is 19.2 Å². The molecule has 28 heavy (non-hydrogen) atoms. The SMILES string of the molecule is CCC(C)C(NC(=O)C(CO)NC(=O)CNC(=O)C(N)CCC(=O)O)C(=O)O. The number of amides is 3. The summed E-state index contributed by atoms with van der Waals surface area (Å²) >= 11 is 0. The average Bonchev–Trinajstić information content (AvgIpc) is 2.64. The van der Waals surface area contributed by atoms with Gasteiger partial charge in [0.25, 0.3) is 0 Å². The Morgan fingerprint density at radius 3 is 2.11 bits per heavy atom. The molecule has 0 bridgehead atoms.